The van der Waals surface area contributed by atoms with Gasteiger partial charge in [-0.05, 0) is 55.9 Å². The molecule has 0 fully saturated rings. The predicted octanol–water partition coefficient (Wildman–Crippen LogP) is 7.74. The molecule has 0 amide bonds. The van der Waals surface area contributed by atoms with Crippen molar-refractivity contribution in [3.05, 3.63) is 121 Å². The highest BCUT2D eigenvalue weighted by atomic mass is 16.5. The molecule has 6 aromatic carbocycles. The molecule has 2 N–H and O–H groups in total. The predicted molar refractivity (Wildman–Crippen MR) is 163 cm³/mol. The zero-order chi connectivity index (χ0) is 27.3. The molecule has 6 aromatic rings. The lowest BCUT2D eigenvalue weighted by atomic mass is 9.88. The van der Waals surface area contributed by atoms with Crippen LogP contribution >= 0.6 is 0 Å². The summed E-state index contributed by atoms with van der Waals surface area (Å²) in [5.74, 6) is 1.33. The smallest absolute Gasteiger partial charge is 0.128 e. The zero-order valence-electron chi connectivity index (χ0n) is 22.1. The number of hydrogen-bond donors (Lipinski definition) is 2. The first kappa shape index (κ1) is 25.6. The Hall–Kier alpha value is -4.64. The molecule has 0 atom stereocenters. The Kier molecular flexibility index (Phi) is 7.45. The lowest BCUT2D eigenvalue weighted by Crippen LogP contribution is -2.06. The lowest BCUT2D eigenvalue weighted by Gasteiger charge is -2.21. The quantitative estimate of drug-likeness (QED) is 0.202. The fourth-order valence-corrected chi connectivity index (χ4v) is 5.48. The van der Waals surface area contributed by atoms with Gasteiger partial charge in [-0.3, -0.25) is 0 Å². The highest BCUT2D eigenvalue weighted by molar-refractivity contribution is 6.14. The number of hydrogen-bond acceptors (Lipinski definition) is 4. The monoisotopic (exact) mass is 526 g/mol. The van der Waals surface area contributed by atoms with Crippen LogP contribution in [0.3, 0.4) is 0 Å². The van der Waals surface area contributed by atoms with Crippen LogP contribution in [0.4, 0.5) is 0 Å². The first-order valence-electron chi connectivity index (χ1n) is 13.5. The van der Waals surface area contributed by atoms with E-state index in [4.69, 9.17) is 9.47 Å². The lowest BCUT2D eigenvalue weighted by molar-refractivity contribution is 0.200. The second-order valence-electron chi connectivity index (χ2n) is 9.55. The van der Waals surface area contributed by atoms with Crippen molar-refractivity contribution in [2.45, 2.75) is 0 Å². The number of rotatable bonds is 9. The van der Waals surface area contributed by atoms with Crippen molar-refractivity contribution in [2.24, 2.45) is 0 Å². The van der Waals surface area contributed by atoms with Crippen LogP contribution in [0.1, 0.15) is 0 Å². The normalized spacial score (nSPS) is 11.2. The van der Waals surface area contributed by atoms with Crippen molar-refractivity contribution in [1.82, 2.24) is 0 Å². The zero-order valence-corrected chi connectivity index (χ0v) is 22.1. The third-order valence-electron chi connectivity index (χ3n) is 7.16. The maximum atomic E-state index is 9.62. The summed E-state index contributed by atoms with van der Waals surface area (Å²) < 4.78 is 12.3. The molecule has 0 saturated heterocycles. The van der Waals surface area contributed by atoms with Gasteiger partial charge in [-0.25, -0.2) is 0 Å². The first-order valence-corrected chi connectivity index (χ1v) is 13.5. The molecule has 0 saturated carbocycles. The van der Waals surface area contributed by atoms with E-state index < -0.39 is 0 Å². The van der Waals surface area contributed by atoms with Crippen molar-refractivity contribution in [2.75, 3.05) is 26.4 Å². The van der Waals surface area contributed by atoms with Crippen molar-refractivity contribution in [3.8, 4) is 44.9 Å². The van der Waals surface area contributed by atoms with Gasteiger partial charge in [0.05, 0.1) is 13.2 Å². The van der Waals surface area contributed by atoms with Crippen molar-refractivity contribution < 1.29 is 19.7 Å². The van der Waals surface area contributed by atoms with Crippen LogP contribution in [0.5, 0.6) is 11.5 Å². The minimum Gasteiger partial charge on any atom is -0.491 e. The standard InChI is InChI=1S/C36H30O4/c37-21-23-39-33-19-17-29-27(25-9-3-1-4-10-25)13-7-15-31(29)35(33)36-32-16-8-14-28(26-11-5-2-6-12-26)30(32)18-20-34(36)40-24-22-38/h1-20,37-38H,21-24H2. The molecule has 0 unspecified atom stereocenters. The van der Waals surface area contributed by atoms with Crippen LogP contribution in [-0.4, -0.2) is 36.6 Å². The third kappa shape index (κ3) is 4.79. The number of benzene rings is 6. The van der Waals surface area contributed by atoms with Crippen molar-refractivity contribution in [3.63, 3.8) is 0 Å². The molecule has 40 heavy (non-hydrogen) atoms. The molecule has 4 nitrogen and oxygen atoms in total. The van der Waals surface area contributed by atoms with E-state index >= 15 is 0 Å². The number of aliphatic hydroxyl groups is 2. The fourth-order valence-electron chi connectivity index (χ4n) is 5.48. The second kappa shape index (κ2) is 11.6. The summed E-state index contributed by atoms with van der Waals surface area (Å²) in [6, 6.07) is 41.4. The van der Waals surface area contributed by atoms with Crippen LogP contribution in [0, 0.1) is 0 Å². The topological polar surface area (TPSA) is 58.9 Å². The van der Waals surface area contributed by atoms with Crippen LogP contribution in [0.25, 0.3) is 54.9 Å². The van der Waals surface area contributed by atoms with E-state index in [1.165, 1.54) is 0 Å². The van der Waals surface area contributed by atoms with Gasteiger partial charge in [0.2, 0.25) is 0 Å². The largest absolute Gasteiger partial charge is 0.491 e. The molecule has 0 spiro atoms. The Bertz CT molecular complexity index is 1630. The Morgan fingerprint density at radius 2 is 0.825 bits per heavy atom. The molecule has 0 aliphatic rings. The van der Waals surface area contributed by atoms with E-state index in [9.17, 15) is 10.2 Å². The van der Waals surface area contributed by atoms with E-state index in [0.717, 1.165) is 54.9 Å². The average molecular weight is 527 g/mol. The van der Waals surface area contributed by atoms with Gasteiger partial charge < -0.3 is 19.7 Å². The van der Waals surface area contributed by atoms with Gasteiger partial charge in [-0.1, -0.05) is 109 Å². The number of ether oxygens (including phenoxy) is 2. The summed E-state index contributed by atoms with van der Waals surface area (Å²) in [4.78, 5) is 0. The van der Waals surface area contributed by atoms with Crippen LogP contribution in [0.15, 0.2) is 121 Å². The molecule has 0 bridgehead atoms. The summed E-state index contributed by atoms with van der Waals surface area (Å²) >= 11 is 0. The second-order valence-corrected chi connectivity index (χ2v) is 9.55. The number of fused-ring (bicyclic) bond motifs is 2. The van der Waals surface area contributed by atoms with E-state index in [-0.39, 0.29) is 26.4 Å². The minimum absolute atomic E-state index is 0.0942. The fraction of sp³-hybridized carbons (Fsp3) is 0.111. The van der Waals surface area contributed by atoms with Crippen molar-refractivity contribution in [1.29, 1.82) is 0 Å². The Morgan fingerprint density at radius 1 is 0.400 bits per heavy atom. The SMILES string of the molecule is OCCOc1ccc2c(-c3ccccc3)cccc2c1-c1c(OCCO)ccc2c(-c3ccccc3)cccc12. The minimum atomic E-state index is -0.0942. The van der Waals surface area contributed by atoms with Gasteiger partial charge in [-0.15, -0.1) is 0 Å². The van der Waals surface area contributed by atoms with Crippen LogP contribution < -0.4 is 9.47 Å². The molecule has 0 radical (unpaired) electrons. The Balaban J connectivity index is 1.70. The third-order valence-corrected chi connectivity index (χ3v) is 7.16. The van der Waals surface area contributed by atoms with Crippen LogP contribution in [-0.2, 0) is 0 Å². The molecule has 4 heteroatoms. The molecule has 0 aromatic heterocycles. The van der Waals surface area contributed by atoms with Crippen molar-refractivity contribution >= 4 is 21.5 Å². The van der Waals surface area contributed by atoms with Gasteiger partial charge in [-0.2, -0.15) is 0 Å². The summed E-state index contributed by atoms with van der Waals surface area (Å²) in [5.41, 5.74) is 6.29. The molecular formula is C36H30O4. The maximum Gasteiger partial charge on any atom is 0.128 e. The van der Waals surface area contributed by atoms with Gasteiger partial charge in [0.1, 0.15) is 24.7 Å². The highest BCUT2D eigenvalue weighted by Gasteiger charge is 2.21. The highest BCUT2D eigenvalue weighted by Crippen LogP contribution is 2.48. The van der Waals surface area contributed by atoms with Gasteiger partial charge >= 0.3 is 0 Å². The Morgan fingerprint density at radius 3 is 1.23 bits per heavy atom. The molecule has 0 heterocycles. The average Bonchev–Trinajstić information content (AvgIpc) is 3.02. The Labute approximate surface area is 233 Å². The van der Waals surface area contributed by atoms with Gasteiger partial charge in [0, 0.05) is 11.1 Å². The van der Waals surface area contributed by atoms with E-state index in [1.807, 2.05) is 48.5 Å². The molecular weight excluding hydrogens is 496 g/mol. The van der Waals surface area contributed by atoms with Gasteiger partial charge in [0.25, 0.3) is 0 Å². The molecule has 6 rings (SSSR count). The summed E-state index contributed by atoms with van der Waals surface area (Å²) in [7, 11) is 0. The van der Waals surface area contributed by atoms with E-state index in [1.54, 1.807) is 0 Å². The molecule has 0 aliphatic heterocycles. The molecule has 198 valence electrons. The maximum absolute atomic E-state index is 9.62. The summed E-state index contributed by atoms with van der Waals surface area (Å²) in [6.45, 7) is 0.152. The van der Waals surface area contributed by atoms with E-state index in [0.29, 0.717) is 11.5 Å². The summed E-state index contributed by atoms with van der Waals surface area (Å²) in [5, 5.41) is 23.5. The first-order chi connectivity index (χ1) is 19.8. The summed E-state index contributed by atoms with van der Waals surface area (Å²) in [6.07, 6.45) is 0. The number of aliphatic hydroxyl groups excluding tert-OH is 2. The van der Waals surface area contributed by atoms with Crippen LogP contribution in [0.2, 0.25) is 0 Å². The van der Waals surface area contributed by atoms with E-state index in [2.05, 4.69) is 72.8 Å². The molecule has 0 aliphatic carbocycles. The van der Waals surface area contributed by atoms with Gasteiger partial charge in [0.15, 0.2) is 0 Å².